The number of pyridine rings is 1. The summed E-state index contributed by atoms with van der Waals surface area (Å²) >= 11 is 1.27. The molecule has 28 heavy (non-hydrogen) atoms. The van der Waals surface area contributed by atoms with Gasteiger partial charge in [-0.25, -0.2) is 4.98 Å². The number of rotatable bonds is 4. The number of carbonyl (C=O) groups excluding carboxylic acids is 1. The predicted molar refractivity (Wildman–Crippen MR) is 109 cm³/mol. The number of carbonyl (C=O) groups is 1. The Morgan fingerprint density at radius 1 is 1.32 bits per heavy atom. The number of aliphatic hydroxyl groups is 1. The van der Waals surface area contributed by atoms with E-state index in [1.807, 2.05) is 25.1 Å². The van der Waals surface area contributed by atoms with Crippen LogP contribution in [0.1, 0.15) is 26.6 Å². The van der Waals surface area contributed by atoms with Crippen molar-refractivity contribution in [3.8, 4) is 10.4 Å². The molecule has 1 fully saturated rings. The topological polar surface area (TPSA) is 116 Å². The summed E-state index contributed by atoms with van der Waals surface area (Å²) in [5, 5.41) is 18.6. The molecule has 0 aliphatic carbocycles. The van der Waals surface area contributed by atoms with Crippen LogP contribution in [0.15, 0.2) is 42.7 Å². The standard InChI is InChI=1S/C20H19N5O2S/c1-11-4-2-6-14(15(11)21)16(22)19-24-17(20(27)25-9-13(26)10-25)18(28-19)12-5-3-7-23-8-12/h2-8,13,22,26H,9-10,21H2,1H3. The number of para-hydroxylation sites is 1. The lowest BCUT2D eigenvalue weighted by Crippen LogP contribution is -2.53. The Morgan fingerprint density at radius 2 is 2.11 bits per heavy atom. The Morgan fingerprint density at radius 3 is 2.79 bits per heavy atom. The quantitative estimate of drug-likeness (QED) is 0.465. The van der Waals surface area contributed by atoms with Crippen molar-refractivity contribution in [3.05, 3.63) is 64.6 Å². The Labute approximate surface area is 166 Å². The average molecular weight is 393 g/mol. The maximum Gasteiger partial charge on any atom is 0.274 e. The van der Waals surface area contributed by atoms with Gasteiger partial charge in [-0.1, -0.05) is 24.3 Å². The van der Waals surface area contributed by atoms with Crippen molar-refractivity contribution < 1.29 is 9.90 Å². The summed E-state index contributed by atoms with van der Waals surface area (Å²) in [5.41, 5.74) is 9.38. The van der Waals surface area contributed by atoms with Gasteiger partial charge in [-0.3, -0.25) is 15.2 Å². The number of thiazole rings is 1. The number of nitrogens with two attached hydrogens (primary N) is 1. The van der Waals surface area contributed by atoms with Gasteiger partial charge in [0.1, 0.15) is 10.7 Å². The molecule has 1 amide bonds. The molecule has 0 bridgehead atoms. The lowest BCUT2D eigenvalue weighted by Gasteiger charge is -2.35. The first kappa shape index (κ1) is 18.3. The van der Waals surface area contributed by atoms with Crippen LogP contribution >= 0.6 is 11.3 Å². The molecule has 4 rings (SSSR count). The second-order valence-electron chi connectivity index (χ2n) is 6.71. The third-order valence-corrected chi connectivity index (χ3v) is 5.83. The van der Waals surface area contributed by atoms with Crippen LogP contribution < -0.4 is 5.73 Å². The molecule has 0 radical (unpaired) electrons. The minimum Gasteiger partial charge on any atom is -0.398 e. The van der Waals surface area contributed by atoms with Gasteiger partial charge in [0.2, 0.25) is 0 Å². The summed E-state index contributed by atoms with van der Waals surface area (Å²) in [6, 6.07) is 9.16. The molecule has 4 N–H and O–H groups in total. The van der Waals surface area contributed by atoms with Gasteiger partial charge in [-0.05, 0) is 18.6 Å². The van der Waals surface area contributed by atoms with E-state index in [1.54, 1.807) is 29.4 Å². The molecule has 0 atom stereocenters. The third-order valence-electron chi connectivity index (χ3n) is 4.71. The van der Waals surface area contributed by atoms with Crippen molar-refractivity contribution in [1.82, 2.24) is 14.9 Å². The summed E-state index contributed by atoms with van der Waals surface area (Å²) in [4.78, 5) is 23.7. The molecule has 0 spiro atoms. The number of β-amino-alcohol motifs (C(OH)–C–C–N with tert-alkyl or cyclic N) is 1. The number of aryl methyl sites for hydroxylation is 1. The highest BCUT2D eigenvalue weighted by Crippen LogP contribution is 2.33. The number of likely N-dealkylation sites (tertiary alicyclic amines) is 1. The third kappa shape index (κ3) is 3.17. The first-order valence-corrected chi connectivity index (χ1v) is 9.60. The van der Waals surface area contributed by atoms with E-state index in [4.69, 9.17) is 11.1 Å². The van der Waals surface area contributed by atoms with E-state index in [9.17, 15) is 9.90 Å². The number of anilines is 1. The van der Waals surface area contributed by atoms with Crippen LogP contribution in [0.4, 0.5) is 5.69 Å². The highest BCUT2D eigenvalue weighted by molar-refractivity contribution is 7.17. The molecule has 0 unspecified atom stereocenters. The van der Waals surface area contributed by atoms with Crippen LogP contribution in [-0.2, 0) is 0 Å². The van der Waals surface area contributed by atoms with Crippen LogP contribution in [0, 0.1) is 12.3 Å². The van der Waals surface area contributed by atoms with Crippen LogP contribution in [0.3, 0.4) is 0 Å². The van der Waals surface area contributed by atoms with E-state index < -0.39 is 6.10 Å². The zero-order valence-electron chi connectivity index (χ0n) is 15.2. The normalized spacial score (nSPS) is 14.0. The Bertz CT molecular complexity index is 1060. The highest BCUT2D eigenvalue weighted by atomic mass is 32.1. The van der Waals surface area contributed by atoms with Crippen molar-refractivity contribution in [3.63, 3.8) is 0 Å². The van der Waals surface area contributed by atoms with Crippen molar-refractivity contribution >= 4 is 28.6 Å². The summed E-state index contributed by atoms with van der Waals surface area (Å²) in [6.07, 6.45) is 2.84. The molecule has 1 aliphatic heterocycles. The van der Waals surface area contributed by atoms with Crippen molar-refractivity contribution in [1.29, 1.82) is 5.41 Å². The lowest BCUT2D eigenvalue weighted by molar-refractivity contribution is 0.00560. The molecular formula is C20H19N5O2S. The number of aliphatic hydroxyl groups excluding tert-OH is 1. The number of hydrogen-bond acceptors (Lipinski definition) is 7. The monoisotopic (exact) mass is 393 g/mol. The molecule has 2 aromatic heterocycles. The summed E-state index contributed by atoms with van der Waals surface area (Å²) in [7, 11) is 0. The first-order chi connectivity index (χ1) is 13.5. The maximum absolute atomic E-state index is 12.9. The van der Waals surface area contributed by atoms with E-state index in [0.29, 0.717) is 34.2 Å². The molecule has 142 valence electrons. The van der Waals surface area contributed by atoms with Crippen LogP contribution in [0.25, 0.3) is 10.4 Å². The van der Waals surface area contributed by atoms with Gasteiger partial charge < -0.3 is 15.7 Å². The fraction of sp³-hybridized carbons (Fsp3) is 0.200. The number of nitrogen functional groups attached to an aromatic ring is 1. The van der Waals surface area contributed by atoms with Gasteiger partial charge in [0, 0.05) is 42.3 Å². The molecule has 7 nitrogen and oxygen atoms in total. The maximum atomic E-state index is 12.9. The predicted octanol–water partition coefficient (Wildman–Crippen LogP) is 2.33. The Hall–Kier alpha value is -3.10. The van der Waals surface area contributed by atoms with Gasteiger partial charge in [-0.2, -0.15) is 0 Å². The van der Waals surface area contributed by atoms with Crippen LogP contribution in [0.5, 0.6) is 0 Å². The summed E-state index contributed by atoms with van der Waals surface area (Å²) < 4.78 is 0. The SMILES string of the molecule is Cc1cccc(C(=N)c2nc(C(=O)N3CC(O)C3)c(-c3cccnc3)s2)c1N. The van der Waals surface area contributed by atoms with Crippen LogP contribution in [0.2, 0.25) is 0 Å². The molecule has 8 heteroatoms. The van der Waals surface area contributed by atoms with E-state index in [1.165, 1.54) is 11.3 Å². The number of amides is 1. The number of hydrogen-bond donors (Lipinski definition) is 3. The minimum absolute atomic E-state index is 0.180. The summed E-state index contributed by atoms with van der Waals surface area (Å²) in [6.45, 7) is 2.47. The average Bonchev–Trinajstić information content (AvgIpc) is 3.13. The Kier molecular flexibility index (Phi) is 4.66. The van der Waals surface area contributed by atoms with Gasteiger partial charge in [0.05, 0.1) is 16.7 Å². The van der Waals surface area contributed by atoms with Crippen LogP contribution in [-0.4, -0.2) is 50.8 Å². The van der Waals surface area contributed by atoms with E-state index in [-0.39, 0.29) is 17.3 Å². The molecule has 3 aromatic rings. The second kappa shape index (κ2) is 7.14. The number of nitrogens with one attached hydrogen (secondary N) is 1. The zero-order valence-corrected chi connectivity index (χ0v) is 16.0. The minimum atomic E-state index is -0.491. The van der Waals surface area contributed by atoms with E-state index in [2.05, 4.69) is 9.97 Å². The fourth-order valence-electron chi connectivity index (χ4n) is 3.05. The Balaban J connectivity index is 1.78. The van der Waals surface area contributed by atoms with Gasteiger partial charge in [0.15, 0.2) is 0 Å². The van der Waals surface area contributed by atoms with Gasteiger partial charge >= 0.3 is 0 Å². The van der Waals surface area contributed by atoms with E-state index >= 15 is 0 Å². The number of nitrogens with zero attached hydrogens (tertiary/aromatic N) is 3. The largest absolute Gasteiger partial charge is 0.398 e. The second-order valence-corrected chi connectivity index (χ2v) is 7.71. The lowest BCUT2D eigenvalue weighted by atomic mass is 10.0. The van der Waals surface area contributed by atoms with Crippen molar-refractivity contribution in [2.45, 2.75) is 13.0 Å². The molecule has 1 saturated heterocycles. The fourth-order valence-corrected chi connectivity index (χ4v) is 4.06. The van der Waals surface area contributed by atoms with E-state index in [0.717, 1.165) is 11.1 Å². The smallest absolute Gasteiger partial charge is 0.274 e. The van der Waals surface area contributed by atoms with Crippen molar-refractivity contribution in [2.24, 2.45) is 0 Å². The summed E-state index contributed by atoms with van der Waals surface area (Å²) in [5.74, 6) is -0.253. The number of aromatic nitrogens is 2. The highest BCUT2D eigenvalue weighted by Gasteiger charge is 2.33. The number of benzene rings is 1. The molecule has 1 aliphatic rings. The zero-order chi connectivity index (χ0) is 19.8. The molecule has 0 saturated carbocycles. The molecule has 1 aromatic carbocycles. The van der Waals surface area contributed by atoms with Gasteiger partial charge in [0.25, 0.3) is 5.91 Å². The first-order valence-electron chi connectivity index (χ1n) is 8.78. The van der Waals surface area contributed by atoms with Gasteiger partial charge in [-0.15, -0.1) is 11.3 Å². The molecular weight excluding hydrogens is 374 g/mol. The van der Waals surface area contributed by atoms with Crippen molar-refractivity contribution in [2.75, 3.05) is 18.8 Å². The molecule has 3 heterocycles.